The van der Waals surface area contributed by atoms with Crippen molar-refractivity contribution in [2.24, 2.45) is 0 Å². The first-order valence-electron chi connectivity index (χ1n) is 8.45. The van der Waals surface area contributed by atoms with Gasteiger partial charge in [-0.05, 0) is 50.2 Å². The number of amides is 1. The fourth-order valence-corrected chi connectivity index (χ4v) is 2.67. The molecule has 2 aromatic carbocycles. The molecule has 1 amide bonds. The Kier molecular flexibility index (Phi) is 5.23. The number of carbonyl (C=O) groups excluding carboxylic acids is 2. The van der Waals surface area contributed by atoms with Gasteiger partial charge in [0.05, 0.1) is 40.7 Å². The highest BCUT2D eigenvalue weighted by Crippen LogP contribution is 2.32. The van der Waals surface area contributed by atoms with E-state index in [1.807, 2.05) is 6.92 Å². The van der Waals surface area contributed by atoms with Crippen LogP contribution in [0.1, 0.15) is 37.7 Å². The number of alkyl halides is 3. The third-order valence-corrected chi connectivity index (χ3v) is 4.28. The zero-order valence-electron chi connectivity index (χ0n) is 15.7. The average molecular weight is 403 g/mol. The summed E-state index contributed by atoms with van der Waals surface area (Å²) in [4.78, 5) is 33.0. The van der Waals surface area contributed by atoms with Gasteiger partial charge in [0.25, 0.3) is 5.91 Å². The molecule has 29 heavy (non-hydrogen) atoms. The monoisotopic (exact) mass is 403 g/mol. The number of benzene rings is 2. The molecule has 1 heterocycles. The van der Waals surface area contributed by atoms with Crippen molar-refractivity contribution in [3.05, 3.63) is 64.5 Å². The van der Waals surface area contributed by atoms with Gasteiger partial charge in [-0.1, -0.05) is 0 Å². The molecule has 0 saturated heterocycles. The van der Waals surface area contributed by atoms with Crippen LogP contribution in [0.25, 0.3) is 11.0 Å². The summed E-state index contributed by atoms with van der Waals surface area (Å²) in [5.41, 5.74) is 1.14. The SMILES string of the molecule is COC(=O)c1cc(NC(=O)c2ccc3nc(C)c(C)nc3c2)cc(C(F)(F)F)c1. The van der Waals surface area contributed by atoms with E-state index < -0.39 is 23.6 Å². The smallest absolute Gasteiger partial charge is 0.416 e. The summed E-state index contributed by atoms with van der Waals surface area (Å²) >= 11 is 0. The molecule has 0 aliphatic heterocycles. The molecule has 0 atom stereocenters. The lowest BCUT2D eigenvalue weighted by atomic mass is 10.1. The van der Waals surface area contributed by atoms with Crippen molar-refractivity contribution in [3.8, 4) is 0 Å². The molecule has 3 rings (SSSR count). The van der Waals surface area contributed by atoms with E-state index in [9.17, 15) is 22.8 Å². The van der Waals surface area contributed by atoms with Crippen molar-refractivity contribution >= 4 is 28.6 Å². The molecule has 0 aliphatic carbocycles. The lowest BCUT2D eigenvalue weighted by Crippen LogP contribution is -2.15. The Hall–Kier alpha value is -3.49. The average Bonchev–Trinajstić information content (AvgIpc) is 2.66. The van der Waals surface area contributed by atoms with Crippen LogP contribution in [0.3, 0.4) is 0 Å². The molecule has 0 unspecified atom stereocenters. The minimum Gasteiger partial charge on any atom is -0.465 e. The van der Waals surface area contributed by atoms with Gasteiger partial charge in [0.15, 0.2) is 0 Å². The second-order valence-corrected chi connectivity index (χ2v) is 6.34. The molecule has 0 radical (unpaired) electrons. The zero-order chi connectivity index (χ0) is 21.3. The second kappa shape index (κ2) is 7.50. The predicted octanol–water partition coefficient (Wildman–Crippen LogP) is 4.30. The van der Waals surface area contributed by atoms with E-state index in [-0.39, 0.29) is 16.8 Å². The number of nitrogens with one attached hydrogen (secondary N) is 1. The van der Waals surface area contributed by atoms with Crippen LogP contribution in [-0.4, -0.2) is 29.0 Å². The van der Waals surface area contributed by atoms with E-state index in [1.54, 1.807) is 13.0 Å². The van der Waals surface area contributed by atoms with Gasteiger partial charge in [0, 0.05) is 11.3 Å². The molecule has 1 N–H and O–H groups in total. The van der Waals surface area contributed by atoms with Crippen molar-refractivity contribution in [3.63, 3.8) is 0 Å². The predicted molar refractivity (Wildman–Crippen MR) is 99.7 cm³/mol. The number of esters is 1. The third kappa shape index (κ3) is 4.34. The number of ether oxygens (including phenoxy) is 1. The minimum absolute atomic E-state index is 0.184. The number of aromatic nitrogens is 2. The van der Waals surface area contributed by atoms with Crippen molar-refractivity contribution in [1.29, 1.82) is 0 Å². The molecule has 150 valence electrons. The van der Waals surface area contributed by atoms with Crippen LogP contribution in [0.5, 0.6) is 0 Å². The van der Waals surface area contributed by atoms with Crippen LogP contribution in [0.15, 0.2) is 36.4 Å². The number of carbonyl (C=O) groups is 2. The first-order chi connectivity index (χ1) is 13.6. The third-order valence-electron chi connectivity index (χ3n) is 4.28. The standard InChI is InChI=1S/C20H16F3N3O3/c1-10-11(2)25-17-8-12(4-5-16(17)24-10)18(27)26-15-7-13(19(28)29-3)6-14(9-15)20(21,22)23/h4-9H,1-3H3,(H,26,27). The largest absolute Gasteiger partial charge is 0.465 e. The number of aryl methyl sites for hydroxylation is 2. The van der Waals surface area contributed by atoms with Crippen LogP contribution in [0.4, 0.5) is 18.9 Å². The first-order valence-corrected chi connectivity index (χ1v) is 8.45. The van der Waals surface area contributed by atoms with Crippen LogP contribution in [0, 0.1) is 13.8 Å². The van der Waals surface area contributed by atoms with Crippen LogP contribution >= 0.6 is 0 Å². The zero-order valence-corrected chi connectivity index (χ0v) is 15.7. The van der Waals surface area contributed by atoms with Crippen molar-refractivity contribution in [2.75, 3.05) is 12.4 Å². The maximum Gasteiger partial charge on any atom is 0.416 e. The van der Waals surface area contributed by atoms with Crippen molar-refractivity contribution < 1.29 is 27.5 Å². The number of nitrogens with zero attached hydrogens (tertiary/aromatic N) is 2. The minimum atomic E-state index is -4.70. The molecule has 0 fully saturated rings. The van der Waals surface area contributed by atoms with Gasteiger partial charge >= 0.3 is 12.1 Å². The van der Waals surface area contributed by atoms with E-state index >= 15 is 0 Å². The van der Waals surface area contributed by atoms with E-state index in [2.05, 4.69) is 20.0 Å². The Morgan fingerprint density at radius 2 is 1.59 bits per heavy atom. The second-order valence-electron chi connectivity index (χ2n) is 6.34. The Morgan fingerprint density at radius 3 is 2.21 bits per heavy atom. The summed E-state index contributed by atoms with van der Waals surface area (Å²) in [6.45, 7) is 3.60. The van der Waals surface area contributed by atoms with Crippen LogP contribution < -0.4 is 5.32 Å². The highest BCUT2D eigenvalue weighted by Gasteiger charge is 2.32. The molecule has 9 heteroatoms. The van der Waals surface area contributed by atoms with Gasteiger partial charge in [-0.2, -0.15) is 13.2 Å². The van der Waals surface area contributed by atoms with Gasteiger partial charge < -0.3 is 10.1 Å². The number of rotatable bonds is 3. The quantitative estimate of drug-likeness (QED) is 0.660. The van der Waals surface area contributed by atoms with Crippen molar-refractivity contribution in [1.82, 2.24) is 9.97 Å². The van der Waals surface area contributed by atoms with E-state index in [0.717, 1.165) is 24.9 Å². The molecule has 0 bridgehead atoms. The van der Waals surface area contributed by atoms with E-state index in [4.69, 9.17) is 0 Å². The summed E-state index contributed by atoms with van der Waals surface area (Å²) in [5, 5.41) is 2.39. The maximum atomic E-state index is 13.1. The Bertz CT molecular complexity index is 1130. The number of halogens is 3. The number of methoxy groups -OCH3 is 1. The maximum absolute atomic E-state index is 13.1. The normalized spacial score (nSPS) is 11.4. The molecule has 0 aliphatic rings. The fourth-order valence-electron chi connectivity index (χ4n) is 2.67. The van der Waals surface area contributed by atoms with Gasteiger partial charge in [-0.3, -0.25) is 4.79 Å². The topological polar surface area (TPSA) is 81.2 Å². The van der Waals surface area contributed by atoms with Crippen LogP contribution in [0.2, 0.25) is 0 Å². The number of anilines is 1. The molecule has 1 aromatic heterocycles. The van der Waals surface area contributed by atoms with Gasteiger partial charge in [0.2, 0.25) is 0 Å². The van der Waals surface area contributed by atoms with Gasteiger partial charge in [-0.25, -0.2) is 14.8 Å². The highest BCUT2D eigenvalue weighted by molar-refractivity contribution is 6.06. The molecule has 0 saturated carbocycles. The number of hydrogen-bond acceptors (Lipinski definition) is 5. The number of hydrogen-bond donors (Lipinski definition) is 1. The molecular formula is C20H16F3N3O3. The van der Waals surface area contributed by atoms with E-state index in [1.165, 1.54) is 12.1 Å². The lowest BCUT2D eigenvalue weighted by molar-refractivity contribution is -0.137. The molecule has 6 nitrogen and oxygen atoms in total. The van der Waals surface area contributed by atoms with Gasteiger partial charge in [-0.15, -0.1) is 0 Å². The van der Waals surface area contributed by atoms with Crippen LogP contribution in [-0.2, 0) is 10.9 Å². The molecular weight excluding hydrogens is 387 g/mol. The Morgan fingerprint density at radius 1 is 0.931 bits per heavy atom. The fraction of sp³-hybridized carbons (Fsp3) is 0.200. The lowest BCUT2D eigenvalue weighted by Gasteiger charge is -2.12. The molecule has 3 aromatic rings. The Balaban J connectivity index is 1.96. The van der Waals surface area contributed by atoms with E-state index in [0.29, 0.717) is 22.8 Å². The van der Waals surface area contributed by atoms with Gasteiger partial charge in [0.1, 0.15) is 0 Å². The summed E-state index contributed by atoms with van der Waals surface area (Å²) < 4.78 is 43.9. The highest BCUT2D eigenvalue weighted by atomic mass is 19.4. The summed E-state index contributed by atoms with van der Waals surface area (Å²) in [7, 11) is 1.06. The Labute approximate surface area is 163 Å². The number of fused-ring (bicyclic) bond motifs is 1. The summed E-state index contributed by atoms with van der Waals surface area (Å²) in [5.74, 6) is -1.60. The molecule has 0 spiro atoms. The summed E-state index contributed by atoms with van der Waals surface area (Å²) in [6.07, 6.45) is -4.70. The first kappa shape index (κ1) is 20.2. The van der Waals surface area contributed by atoms with Crippen molar-refractivity contribution in [2.45, 2.75) is 20.0 Å². The summed E-state index contributed by atoms with van der Waals surface area (Å²) in [6, 6.07) is 7.13.